The Hall–Kier alpha value is -4.34. The number of benzene rings is 2. The monoisotopic (exact) mass is 533 g/mol. The van der Waals surface area contributed by atoms with Crippen LogP contribution in [0, 0.1) is 19.7 Å². The molecule has 1 saturated heterocycles. The number of carbonyl (C=O) groups is 2. The van der Waals surface area contributed by atoms with Gasteiger partial charge in [-0.2, -0.15) is 9.61 Å². The minimum atomic E-state index is -1.65. The minimum Gasteiger partial charge on any atom is -0.462 e. The molecule has 2 aromatic heterocycles. The molecule has 5 rings (SSSR count). The summed E-state index contributed by atoms with van der Waals surface area (Å²) in [6.07, 6.45) is 2.93. The number of piperidine rings is 1. The Morgan fingerprint density at radius 1 is 1.05 bits per heavy atom. The van der Waals surface area contributed by atoms with Crippen molar-refractivity contribution in [1.82, 2.24) is 19.5 Å². The van der Waals surface area contributed by atoms with E-state index in [1.54, 1.807) is 11.8 Å². The van der Waals surface area contributed by atoms with Crippen molar-refractivity contribution in [3.63, 3.8) is 0 Å². The van der Waals surface area contributed by atoms with E-state index in [-0.39, 0.29) is 55.2 Å². The topological polar surface area (TPSA) is 88.8 Å². The zero-order valence-corrected chi connectivity index (χ0v) is 22.0. The summed E-state index contributed by atoms with van der Waals surface area (Å²) in [4.78, 5) is 32.2. The second kappa shape index (κ2) is 10.4. The van der Waals surface area contributed by atoms with Crippen LogP contribution in [0.1, 0.15) is 57.2 Å². The van der Waals surface area contributed by atoms with E-state index in [0.29, 0.717) is 11.4 Å². The second-order valence-corrected chi connectivity index (χ2v) is 9.74. The van der Waals surface area contributed by atoms with E-state index in [2.05, 4.69) is 15.4 Å². The first-order valence-corrected chi connectivity index (χ1v) is 12.8. The van der Waals surface area contributed by atoms with Gasteiger partial charge in [-0.1, -0.05) is 24.3 Å². The van der Waals surface area contributed by atoms with Gasteiger partial charge >= 0.3 is 5.97 Å². The number of carbonyl (C=O) groups excluding carboxylic acids is 2. The maximum Gasteiger partial charge on any atom is 0.343 e. The SMILES string of the molecule is CCOC(=O)c1cnn2c(Nc3cc(C)ccc3C)c(C(=O)N3CCC(F)(c4ccc(F)cc4)CC3)cnc12. The van der Waals surface area contributed by atoms with E-state index < -0.39 is 17.5 Å². The highest BCUT2D eigenvalue weighted by Gasteiger charge is 2.38. The molecular weight excluding hydrogens is 504 g/mol. The smallest absolute Gasteiger partial charge is 0.343 e. The lowest BCUT2D eigenvalue weighted by molar-refractivity contribution is 0.0420. The van der Waals surface area contributed by atoms with Gasteiger partial charge in [0.2, 0.25) is 0 Å². The molecule has 1 aliphatic heterocycles. The number of aryl methyl sites for hydroxylation is 2. The zero-order chi connectivity index (χ0) is 27.7. The third-order valence-corrected chi connectivity index (χ3v) is 7.10. The summed E-state index contributed by atoms with van der Waals surface area (Å²) in [6.45, 7) is 6.15. The molecule has 8 nitrogen and oxygen atoms in total. The molecule has 10 heteroatoms. The number of likely N-dealkylation sites (tertiary alicyclic amines) is 1. The summed E-state index contributed by atoms with van der Waals surface area (Å²) >= 11 is 0. The first-order valence-electron chi connectivity index (χ1n) is 12.8. The number of amides is 1. The summed E-state index contributed by atoms with van der Waals surface area (Å²) in [7, 11) is 0. The second-order valence-electron chi connectivity index (χ2n) is 9.74. The van der Waals surface area contributed by atoms with Gasteiger partial charge in [0, 0.05) is 37.8 Å². The van der Waals surface area contributed by atoms with Crippen molar-refractivity contribution in [3.05, 3.63) is 88.5 Å². The fraction of sp³-hybridized carbons (Fsp3) is 0.310. The van der Waals surface area contributed by atoms with Gasteiger partial charge in [-0.3, -0.25) is 4.79 Å². The number of fused-ring (bicyclic) bond motifs is 1. The van der Waals surface area contributed by atoms with E-state index in [4.69, 9.17) is 4.74 Å². The van der Waals surface area contributed by atoms with Crippen LogP contribution in [0.3, 0.4) is 0 Å². The van der Waals surface area contributed by atoms with Crippen molar-refractivity contribution >= 4 is 29.0 Å². The molecular formula is C29H29F2N5O3. The van der Waals surface area contributed by atoms with Gasteiger partial charge in [0.25, 0.3) is 5.91 Å². The molecule has 4 aromatic rings. The molecule has 0 unspecified atom stereocenters. The number of anilines is 2. The number of hydrogen-bond acceptors (Lipinski definition) is 6. The molecule has 3 heterocycles. The van der Waals surface area contributed by atoms with Crippen molar-refractivity contribution in [2.75, 3.05) is 25.0 Å². The minimum absolute atomic E-state index is 0.0779. The summed E-state index contributed by atoms with van der Waals surface area (Å²) in [6, 6.07) is 11.3. The molecule has 0 bridgehead atoms. The average molecular weight is 534 g/mol. The van der Waals surface area contributed by atoms with Crippen LogP contribution in [0.25, 0.3) is 5.65 Å². The van der Waals surface area contributed by atoms with Crippen LogP contribution < -0.4 is 5.32 Å². The van der Waals surface area contributed by atoms with Crippen molar-refractivity contribution in [3.8, 4) is 0 Å². The molecule has 0 aliphatic carbocycles. The van der Waals surface area contributed by atoms with Crippen LogP contribution in [0.2, 0.25) is 0 Å². The van der Waals surface area contributed by atoms with Gasteiger partial charge in [-0.05, 0) is 55.7 Å². The zero-order valence-electron chi connectivity index (χ0n) is 22.0. The highest BCUT2D eigenvalue weighted by molar-refractivity contribution is 6.01. The van der Waals surface area contributed by atoms with E-state index in [0.717, 1.165) is 16.8 Å². The molecule has 1 amide bonds. The molecule has 1 aliphatic rings. The van der Waals surface area contributed by atoms with Gasteiger partial charge in [0.1, 0.15) is 28.4 Å². The molecule has 202 valence electrons. The predicted molar refractivity (Wildman–Crippen MR) is 142 cm³/mol. The lowest BCUT2D eigenvalue weighted by atomic mass is 9.86. The Bertz CT molecular complexity index is 1540. The number of esters is 1. The van der Waals surface area contributed by atoms with Gasteiger partial charge < -0.3 is 15.0 Å². The fourth-order valence-corrected chi connectivity index (χ4v) is 4.83. The average Bonchev–Trinajstić information content (AvgIpc) is 3.36. The van der Waals surface area contributed by atoms with Crippen LogP contribution in [0.15, 0.2) is 54.9 Å². The summed E-state index contributed by atoms with van der Waals surface area (Å²) < 4.78 is 35.6. The van der Waals surface area contributed by atoms with E-state index in [1.165, 1.54) is 41.2 Å². The lowest BCUT2D eigenvalue weighted by Crippen LogP contribution is -2.43. The van der Waals surface area contributed by atoms with Crippen molar-refractivity contribution in [1.29, 1.82) is 0 Å². The largest absolute Gasteiger partial charge is 0.462 e. The third kappa shape index (κ3) is 5.06. The molecule has 0 atom stereocenters. The van der Waals surface area contributed by atoms with Crippen LogP contribution in [-0.2, 0) is 10.4 Å². The van der Waals surface area contributed by atoms with Crippen LogP contribution in [0.4, 0.5) is 20.3 Å². The first-order chi connectivity index (χ1) is 18.7. The van der Waals surface area contributed by atoms with Crippen molar-refractivity contribution in [2.24, 2.45) is 0 Å². The van der Waals surface area contributed by atoms with Crippen LogP contribution in [0.5, 0.6) is 0 Å². The van der Waals surface area contributed by atoms with Gasteiger partial charge in [-0.15, -0.1) is 0 Å². The first kappa shape index (κ1) is 26.3. The quantitative estimate of drug-likeness (QED) is 0.329. The van der Waals surface area contributed by atoms with Gasteiger partial charge in [-0.25, -0.2) is 18.6 Å². The Morgan fingerprint density at radius 3 is 2.46 bits per heavy atom. The number of alkyl halides is 1. The van der Waals surface area contributed by atoms with Crippen molar-refractivity contribution < 1.29 is 23.1 Å². The lowest BCUT2D eigenvalue weighted by Gasteiger charge is -2.37. The molecule has 2 aromatic carbocycles. The Balaban J connectivity index is 1.49. The number of nitrogens with one attached hydrogen (secondary N) is 1. The highest BCUT2D eigenvalue weighted by atomic mass is 19.1. The molecule has 0 radical (unpaired) electrons. The summed E-state index contributed by atoms with van der Waals surface area (Å²) in [5.74, 6) is -0.990. The van der Waals surface area contributed by atoms with Gasteiger partial charge in [0.05, 0.1) is 12.8 Å². The summed E-state index contributed by atoms with van der Waals surface area (Å²) in [5, 5.41) is 7.69. The number of halogens is 2. The van der Waals surface area contributed by atoms with Crippen molar-refractivity contribution in [2.45, 2.75) is 39.3 Å². The van der Waals surface area contributed by atoms with Gasteiger partial charge in [0.15, 0.2) is 5.65 Å². The number of nitrogens with zero attached hydrogens (tertiary/aromatic N) is 4. The molecule has 39 heavy (non-hydrogen) atoms. The fourth-order valence-electron chi connectivity index (χ4n) is 4.83. The Kier molecular flexibility index (Phi) is 7.03. The predicted octanol–water partition coefficient (Wildman–Crippen LogP) is 5.51. The molecule has 1 fully saturated rings. The highest BCUT2D eigenvalue weighted by Crippen LogP contribution is 2.38. The maximum absolute atomic E-state index is 15.7. The molecule has 0 saturated carbocycles. The number of rotatable bonds is 6. The Morgan fingerprint density at radius 2 is 1.77 bits per heavy atom. The van der Waals surface area contributed by atoms with Crippen LogP contribution in [-0.4, -0.2) is 51.1 Å². The number of hydrogen-bond donors (Lipinski definition) is 1. The normalized spacial score (nSPS) is 14.8. The van der Waals surface area contributed by atoms with E-state index in [1.807, 2.05) is 32.0 Å². The van der Waals surface area contributed by atoms with Crippen LogP contribution >= 0.6 is 0 Å². The maximum atomic E-state index is 15.7. The van der Waals surface area contributed by atoms with E-state index >= 15 is 4.39 Å². The standard InChI is InChI=1S/C29H29F2N5O3/c1-4-39-28(38)23-17-33-36-25(23)32-16-22(26(36)34-24-15-18(2)5-6-19(24)3)27(37)35-13-11-29(31,12-14-35)20-7-9-21(30)10-8-20/h5-10,15-17,34H,4,11-14H2,1-3H3. The molecule has 0 spiro atoms. The number of ether oxygens (including phenoxy) is 1. The third-order valence-electron chi connectivity index (χ3n) is 7.10. The van der Waals surface area contributed by atoms with E-state index in [9.17, 15) is 14.0 Å². The molecule has 1 N–H and O–H groups in total. The summed E-state index contributed by atoms with van der Waals surface area (Å²) in [5.41, 5.74) is 2.14. The Labute approximate surface area is 224 Å². The number of aromatic nitrogens is 3.